The third-order valence-electron chi connectivity index (χ3n) is 5.01. The van der Waals surface area contributed by atoms with Crippen LogP contribution in [0.25, 0.3) is 0 Å². The second-order valence-electron chi connectivity index (χ2n) is 6.64. The van der Waals surface area contributed by atoms with Gasteiger partial charge in [0.15, 0.2) is 11.5 Å². The van der Waals surface area contributed by atoms with E-state index in [-0.39, 0.29) is 24.6 Å². The first kappa shape index (κ1) is 18.4. The Morgan fingerprint density at radius 2 is 2.00 bits per heavy atom. The van der Waals surface area contributed by atoms with Crippen LogP contribution in [0.4, 0.5) is 4.79 Å². The molecule has 0 aromatic heterocycles. The van der Waals surface area contributed by atoms with Crippen molar-refractivity contribution in [1.29, 1.82) is 0 Å². The van der Waals surface area contributed by atoms with Crippen molar-refractivity contribution in [2.24, 2.45) is 5.92 Å². The monoisotopic (exact) mass is 361 g/mol. The molecule has 3 amide bonds. The highest BCUT2D eigenvalue weighted by atomic mass is 16.7. The van der Waals surface area contributed by atoms with Gasteiger partial charge in [0.2, 0.25) is 12.7 Å². The predicted octanol–water partition coefficient (Wildman–Crippen LogP) is 2.21. The van der Waals surface area contributed by atoms with Crippen molar-refractivity contribution in [3.63, 3.8) is 0 Å². The third kappa shape index (κ3) is 4.03. The summed E-state index contributed by atoms with van der Waals surface area (Å²) in [5.41, 5.74) is 0.954. The highest BCUT2D eigenvalue weighted by Crippen LogP contribution is 2.32. The Morgan fingerprint density at radius 1 is 1.23 bits per heavy atom. The lowest BCUT2D eigenvalue weighted by atomic mass is 9.96. The molecule has 0 radical (unpaired) electrons. The molecule has 1 fully saturated rings. The summed E-state index contributed by atoms with van der Waals surface area (Å²) in [6.07, 6.45) is 1.70. The molecule has 2 aliphatic heterocycles. The van der Waals surface area contributed by atoms with Crippen LogP contribution in [0, 0.1) is 5.92 Å². The molecule has 0 spiro atoms. The lowest BCUT2D eigenvalue weighted by Crippen LogP contribution is -2.49. The fourth-order valence-corrected chi connectivity index (χ4v) is 3.50. The summed E-state index contributed by atoms with van der Waals surface area (Å²) in [6.45, 7) is 7.23. The van der Waals surface area contributed by atoms with Gasteiger partial charge in [-0.1, -0.05) is 6.07 Å². The van der Waals surface area contributed by atoms with Crippen molar-refractivity contribution in [3.8, 4) is 11.5 Å². The van der Waals surface area contributed by atoms with E-state index in [9.17, 15) is 9.59 Å². The topological polar surface area (TPSA) is 71.1 Å². The molecular weight excluding hydrogens is 334 g/mol. The number of carbonyl (C=O) groups excluding carboxylic acids is 2. The van der Waals surface area contributed by atoms with E-state index in [1.54, 1.807) is 4.90 Å². The van der Waals surface area contributed by atoms with Crippen molar-refractivity contribution in [3.05, 3.63) is 23.8 Å². The molecule has 0 saturated carbocycles. The highest BCUT2D eigenvalue weighted by Gasteiger charge is 2.30. The molecule has 2 aliphatic rings. The SMILES string of the molecule is CCN(CC)C(=O)C1CCCN(C(=O)NCc2ccc3c(c2)OCO3)C1. The molecule has 1 N–H and O–H groups in total. The number of benzene rings is 1. The maximum atomic E-state index is 12.6. The number of likely N-dealkylation sites (tertiary alicyclic amines) is 1. The highest BCUT2D eigenvalue weighted by molar-refractivity contribution is 5.81. The number of hydrogen-bond donors (Lipinski definition) is 1. The molecule has 1 aromatic rings. The van der Waals surface area contributed by atoms with Gasteiger partial charge in [-0.3, -0.25) is 4.79 Å². The summed E-state index contributed by atoms with van der Waals surface area (Å²) in [5.74, 6) is 1.50. The van der Waals surface area contributed by atoms with Crippen LogP contribution in [0.2, 0.25) is 0 Å². The maximum Gasteiger partial charge on any atom is 0.317 e. The molecular formula is C19H27N3O4. The Kier molecular flexibility index (Phi) is 5.85. The standard InChI is InChI=1S/C19H27N3O4/c1-3-21(4-2)18(23)15-6-5-9-22(12-15)19(24)20-11-14-7-8-16-17(10-14)26-13-25-16/h7-8,10,15H,3-6,9,11-13H2,1-2H3,(H,20,24). The van der Waals surface area contributed by atoms with Gasteiger partial charge in [-0.15, -0.1) is 0 Å². The summed E-state index contributed by atoms with van der Waals surface area (Å²) in [4.78, 5) is 28.7. The number of fused-ring (bicyclic) bond motifs is 1. The van der Waals surface area contributed by atoms with Crippen LogP contribution in [-0.2, 0) is 11.3 Å². The molecule has 1 aromatic carbocycles. The first-order valence-corrected chi connectivity index (χ1v) is 9.32. The first-order valence-electron chi connectivity index (χ1n) is 9.32. The fraction of sp³-hybridized carbons (Fsp3) is 0.579. The minimum atomic E-state index is -0.125. The Hall–Kier alpha value is -2.44. The number of urea groups is 1. The molecule has 0 aliphatic carbocycles. The van der Waals surface area contributed by atoms with Gasteiger partial charge in [-0.05, 0) is 44.4 Å². The van der Waals surface area contributed by atoms with Crippen LogP contribution in [-0.4, -0.2) is 54.7 Å². The van der Waals surface area contributed by atoms with Crippen LogP contribution < -0.4 is 14.8 Å². The Labute approximate surface area is 154 Å². The number of nitrogens with one attached hydrogen (secondary N) is 1. The number of piperidine rings is 1. The Morgan fingerprint density at radius 3 is 2.77 bits per heavy atom. The largest absolute Gasteiger partial charge is 0.454 e. The molecule has 2 heterocycles. The van der Waals surface area contributed by atoms with Crippen LogP contribution >= 0.6 is 0 Å². The Bertz CT molecular complexity index is 660. The summed E-state index contributed by atoms with van der Waals surface area (Å²) < 4.78 is 10.7. The smallest absolute Gasteiger partial charge is 0.317 e. The van der Waals surface area contributed by atoms with E-state index in [0.717, 1.165) is 24.2 Å². The summed E-state index contributed by atoms with van der Waals surface area (Å²) >= 11 is 0. The molecule has 26 heavy (non-hydrogen) atoms. The lowest BCUT2D eigenvalue weighted by Gasteiger charge is -2.34. The summed E-state index contributed by atoms with van der Waals surface area (Å²) in [7, 11) is 0. The Balaban J connectivity index is 1.53. The van der Waals surface area contributed by atoms with E-state index in [2.05, 4.69) is 5.32 Å². The molecule has 3 rings (SSSR count). The van der Waals surface area contributed by atoms with Gasteiger partial charge in [0.05, 0.1) is 5.92 Å². The third-order valence-corrected chi connectivity index (χ3v) is 5.01. The van der Waals surface area contributed by atoms with E-state index >= 15 is 0 Å². The molecule has 142 valence electrons. The normalized spacial score (nSPS) is 18.5. The van der Waals surface area contributed by atoms with E-state index in [4.69, 9.17) is 9.47 Å². The molecule has 1 atom stereocenters. The number of amides is 3. The van der Waals surface area contributed by atoms with Crippen molar-refractivity contribution < 1.29 is 19.1 Å². The van der Waals surface area contributed by atoms with Gasteiger partial charge in [0.1, 0.15) is 0 Å². The van der Waals surface area contributed by atoms with Gasteiger partial charge in [0.25, 0.3) is 0 Å². The fourth-order valence-electron chi connectivity index (χ4n) is 3.50. The number of hydrogen-bond acceptors (Lipinski definition) is 4. The maximum absolute atomic E-state index is 12.6. The number of carbonyl (C=O) groups is 2. The zero-order valence-electron chi connectivity index (χ0n) is 15.5. The second kappa shape index (κ2) is 8.29. The number of ether oxygens (including phenoxy) is 2. The van der Waals surface area contributed by atoms with E-state index in [0.29, 0.717) is 38.5 Å². The van der Waals surface area contributed by atoms with Crippen LogP contribution in [0.5, 0.6) is 11.5 Å². The van der Waals surface area contributed by atoms with Crippen LogP contribution in [0.3, 0.4) is 0 Å². The van der Waals surface area contributed by atoms with Crippen molar-refractivity contribution in [2.75, 3.05) is 33.0 Å². The van der Waals surface area contributed by atoms with Gasteiger partial charge in [0, 0.05) is 32.7 Å². The van der Waals surface area contributed by atoms with Crippen molar-refractivity contribution in [1.82, 2.24) is 15.1 Å². The molecule has 0 bridgehead atoms. The van der Waals surface area contributed by atoms with Crippen LogP contribution in [0.15, 0.2) is 18.2 Å². The van der Waals surface area contributed by atoms with Crippen LogP contribution in [0.1, 0.15) is 32.3 Å². The average Bonchev–Trinajstić information content (AvgIpc) is 3.15. The quantitative estimate of drug-likeness (QED) is 0.873. The van der Waals surface area contributed by atoms with Gasteiger partial charge >= 0.3 is 6.03 Å². The molecule has 7 heteroatoms. The number of nitrogens with zero attached hydrogens (tertiary/aromatic N) is 2. The zero-order chi connectivity index (χ0) is 18.5. The second-order valence-corrected chi connectivity index (χ2v) is 6.64. The van der Waals surface area contributed by atoms with E-state index in [1.165, 1.54) is 0 Å². The minimum absolute atomic E-state index is 0.0973. The molecule has 1 unspecified atom stereocenters. The first-order chi connectivity index (χ1) is 12.6. The molecule has 1 saturated heterocycles. The van der Waals surface area contributed by atoms with Gasteiger partial charge in [-0.2, -0.15) is 0 Å². The lowest BCUT2D eigenvalue weighted by molar-refractivity contribution is -0.136. The van der Waals surface area contributed by atoms with E-state index in [1.807, 2.05) is 36.9 Å². The zero-order valence-corrected chi connectivity index (χ0v) is 15.5. The van der Waals surface area contributed by atoms with E-state index < -0.39 is 0 Å². The van der Waals surface area contributed by atoms with Crippen molar-refractivity contribution in [2.45, 2.75) is 33.2 Å². The van der Waals surface area contributed by atoms with Gasteiger partial charge in [-0.25, -0.2) is 4.79 Å². The van der Waals surface area contributed by atoms with Crippen molar-refractivity contribution >= 4 is 11.9 Å². The summed E-state index contributed by atoms with van der Waals surface area (Å²) in [6, 6.07) is 5.52. The van der Waals surface area contributed by atoms with Gasteiger partial charge < -0.3 is 24.6 Å². The minimum Gasteiger partial charge on any atom is -0.454 e. The summed E-state index contributed by atoms with van der Waals surface area (Å²) in [5, 5.41) is 2.94. The number of rotatable bonds is 5. The molecule has 7 nitrogen and oxygen atoms in total. The average molecular weight is 361 g/mol. The predicted molar refractivity (Wildman–Crippen MR) is 97.0 cm³/mol.